The van der Waals surface area contributed by atoms with Crippen molar-refractivity contribution in [2.24, 2.45) is 5.41 Å². The van der Waals surface area contributed by atoms with Crippen LogP contribution in [0.15, 0.2) is 30.3 Å². The van der Waals surface area contributed by atoms with Gasteiger partial charge >= 0.3 is 0 Å². The molecule has 7 heteroatoms. The van der Waals surface area contributed by atoms with E-state index in [2.05, 4.69) is 15.1 Å². The molecule has 1 spiro atoms. The van der Waals surface area contributed by atoms with Gasteiger partial charge in [0.1, 0.15) is 5.01 Å². The van der Waals surface area contributed by atoms with Gasteiger partial charge in [-0.1, -0.05) is 41.7 Å². The van der Waals surface area contributed by atoms with Crippen molar-refractivity contribution in [1.82, 2.24) is 15.1 Å². The summed E-state index contributed by atoms with van der Waals surface area (Å²) in [4.78, 5) is 17.3. The first-order valence-electron chi connectivity index (χ1n) is 9.14. The third-order valence-corrected chi connectivity index (χ3v) is 6.48. The van der Waals surface area contributed by atoms with Crippen LogP contribution in [0.2, 0.25) is 0 Å². The van der Waals surface area contributed by atoms with Gasteiger partial charge in [-0.15, -0.1) is 10.2 Å². The highest BCUT2D eigenvalue weighted by molar-refractivity contribution is 7.18. The fourth-order valence-corrected chi connectivity index (χ4v) is 4.90. The third kappa shape index (κ3) is 3.21. The molecule has 0 saturated carbocycles. The summed E-state index contributed by atoms with van der Waals surface area (Å²) in [6, 6.07) is 10.1. The zero-order chi connectivity index (χ0) is 18.0. The number of methoxy groups -OCH3 is 1. The molecule has 138 valence electrons. The van der Waals surface area contributed by atoms with Gasteiger partial charge in [0.25, 0.3) is 0 Å². The number of ether oxygens (including phenoxy) is 1. The molecule has 2 saturated heterocycles. The summed E-state index contributed by atoms with van der Waals surface area (Å²) in [6.07, 6.45) is 2.93. The lowest BCUT2D eigenvalue weighted by Gasteiger charge is -2.39. The lowest BCUT2D eigenvalue weighted by molar-refractivity contribution is -0.145. The van der Waals surface area contributed by atoms with Crippen molar-refractivity contribution in [3.63, 3.8) is 0 Å². The maximum atomic E-state index is 13.1. The van der Waals surface area contributed by atoms with Crippen molar-refractivity contribution < 1.29 is 9.53 Å². The van der Waals surface area contributed by atoms with Gasteiger partial charge in [0, 0.05) is 38.9 Å². The van der Waals surface area contributed by atoms with Crippen LogP contribution in [0.1, 0.15) is 19.3 Å². The predicted octanol–water partition coefficient (Wildman–Crippen LogP) is 2.67. The van der Waals surface area contributed by atoms with E-state index < -0.39 is 0 Å². The van der Waals surface area contributed by atoms with Crippen molar-refractivity contribution in [2.45, 2.75) is 19.3 Å². The number of hydrogen-bond donors (Lipinski definition) is 0. The Labute approximate surface area is 157 Å². The average Bonchev–Trinajstić information content (AvgIpc) is 3.32. The van der Waals surface area contributed by atoms with Gasteiger partial charge in [-0.25, -0.2) is 0 Å². The zero-order valence-corrected chi connectivity index (χ0v) is 15.9. The van der Waals surface area contributed by atoms with Crippen LogP contribution in [0.3, 0.4) is 0 Å². The highest BCUT2D eigenvalue weighted by atomic mass is 32.1. The Hall–Kier alpha value is -1.99. The van der Waals surface area contributed by atoms with Crippen LogP contribution >= 0.6 is 11.3 Å². The normalized spacial score (nSPS) is 23.2. The molecule has 1 aromatic heterocycles. The van der Waals surface area contributed by atoms with E-state index in [1.54, 1.807) is 18.4 Å². The van der Waals surface area contributed by atoms with Gasteiger partial charge in [-0.05, 0) is 19.3 Å². The zero-order valence-electron chi connectivity index (χ0n) is 15.1. The number of amides is 1. The maximum Gasteiger partial charge on any atom is 0.230 e. The van der Waals surface area contributed by atoms with Crippen LogP contribution in [0.4, 0.5) is 5.13 Å². The topological polar surface area (TPSA) is 58.6 Å². The number of piperidine rings is 1. The van der Waals surface area contributed by atoms with E-state index in [1.165, 1.54) is 0 Å². The fraction of sp³-hybridized carbons (Fsp3) is 0.526. The Balaban J connectivity index is 1.48. The molecule has 0 N–H and O–H groups in total. The van der Waals surface area contributed by atoms with Crippen LogP contribution < -0.4 is 4.90 Å². The number of carbonyl (C=O) groups excluding carboxylic acids is 1. The van der Waals surface area contributed by atoms with Crippen molar-refractivity contribution in [2.75, 3.05) is 44.8 Å². The average molecular weight is 372 g/mol. The molecule has 6 nitrogen and oxygen atoms in total. The van der Waals surface area contributed by atoms with E-state index in [-0.39, 0.29) is 11.3 Å². The summed E-state index contributed by atoms with van der Waals surface area (Å²) in [7, 11) is 1.68. The first kappa shape index (κ1) is 17.4. The number of nitrogens with zero attached hydrogens (tertiary/aromatic N) is 4. The minimum absolute atomic E-state index is 0.259. The van der Waals surface area contributed by atoms with Gasteiger partial charge in [0.2, 0.25) is 11.0 Å². The van der Waals surface area contributed by atoms with E-state index in [4.69, 9.17) is 4.74 Å². The number of likely N-dealkylation sites (tertiary alicyclic amines) is 1. The van der Waals surface area contributed by atoms with Crippen molar-refractivity contribution in [3.8, 4) is 10.6 Å². The lowest BCUT2D eigenvalue weighted by Crippen LogP contribution is -2.50. The quantitative estimate of drug-likeness (QED) is 0.808. The largest absolute Gasteiger partial charge is 0.383 e. The van der Waals surface area contributed by atoms with Crippen molar-refractivity contribution in [3.05, 3.63) is 30.3 Å². The molecule has 1 aromatic carbocycles. The minimum Gasteiger partial charge on any atom is -0.383 e. The second-order valence-electron chi connectivity index (χ2n) is 7.10. The molecule has 1 amide bonds. The second kappa shape index (κ2) is 7.32. The molecule has 26 heavy (non-hydrogen) atoms. The summed E-state index contributed by atoms with van der Waals surface area (Å²) in [5, 5.41) is 10.6. The number of aromatic nitrogens is 2. The summed E-state index contributed by atoms with van der Waals surface area (Å²) in [6.45, 7) is 3.75. The third-order valence-electron chi connectivity index (χ3n) is 5.45. The van der Waals surface area contributed by atoms with E-state index in [0.29, 0.717) is 13.2 Å². The smallest absolute Gasteiger partial charge is 0.230 e. The van der Waals surface area contributed by atoms with E-state index in [9.17, 15) is 4.79 Å². The molecule has 1 atom stereocenters. The van der Waals surface area contributed by atoms with E-state index in [0.717, 1.165) is 54.6 Å². The highest BCUT2D eigenvalue weighted by Gasteiger charge is 2.48. The van der Waals surface area contributed by atoms with Gasteiger partial charge < -0.3 is 14.5 Å². The first-order chi connectivity index (χ1) is 12.7. The lowest BCUT2D eigenvalue weighted by atomic mass is 9.78. The monoisotopic (exact) mass is 372 g/mol. The first-order valence-corrected chi connectivity index (χ1v) is 9.96. The number of benzene rings is 1. The molecule has 2 aliphatic rings. The highest BCUT2D eigenvalue weighted by Crippen LogP contribution is 2.42. The molecule has 2 aliphatic heterocycles. The van der Waals surface area contributed by atoms with Crippen molar-refractivity contribution in [1.29, 1.82) is 0 Å². The molecular weight excluding hydrogens is 348 g/mol. The summed E-state index contributed by atoms with van der Waals surface area (Å²) < 4.78 is 5.16. The maximum absolute atomic E-state index is 13.1. The van der Waals surface area contributed by atoms with Crippen molar-refractivity contribution >= 4 is 22.4 Å². The van der Waals surface area contributed by atoms with Gasteiger partial charge in [-0.3, -0.25) is 4.79 Å². The SMILES string of the molecule is COCCN1CCCC2(CCN(c3nnc(-c4ccccc4)s3)C2)C1=O. The Morgan fingerprint density at radius 1 is 1.19 bits per heavy atom. The minimum atomic E-state index is -0.259. The van der Waals surface area contributed by atoms with Gasteiger partial charge in [-0.2, -0.15) is 0 Å². The van der Waals surface area contributed by atoms with Crippen LogP contribution in [0, 0.1) is 5.41 Å². The van der Waals surface area contributed by atoms with Gasteiger partial charge in [0.15, 0.2) is 0 Å². The molecule has 4 rings (SSSR count). The molecule has 0 bridgehead atoms. The Morgan fingerprint density at radius 2 is 2.04 bits per heavy atom. The van der Waals surface area contributed by atoms with E-state index in [1.807, 2.05) is 35.2 Å². The van der Waals surface area contributed by atoms with Crippen LogP contribution in [0.5, 0.6) is 0 Å². The molecule has 2 fully saturated rings. The van der Waals surface area contributed by atoms with Crippen LogP contribution in [-0.2, 0) is 9.53 Å². The fourth-order valence-electron chi connectivity index (χ4n) is 4.02. The summed E-state index contributed by atoms with van der Waals surface area (Å²) in [5.41, 5.74) is 0.828. The molecule has 3 heterocycles. The predicted molar refractivity (Wildman–Crippen MR) is 102 cm³/mol. The second-order valence-corrected chi connectivity index (χ2v) is 8.05. The number of rotatable bonds is 5. The Morgan fingerprint density at radius 3 is 2.85 bits per heavy atom. The number of anilines is 1. The number of hydrogen-bond acceptors (Lipinski definition) is 6. The Kier molecular flexibility index (Phi) is 4.91. The molecule has 0 radical (unpaired) electrons. The van der Waals surface area contributed by atoms with Crippen LogP contribution in [0.25, 0.3) is 10.6 Å². The van der Waals surface area contributed by atoms with Gasteiger partial charge in [0.05, 0.1) is 12.0 Å². The molecule has 2 aromatic rings. The molecular formula is C19H24N4O2S. The number of carbonyl (C=O) groups is 1. The Bertz CT molecular complexity index is 766. The summed E-state index contributed by atoms with van der Waals surface area (Å²) in [5.74, 6) is 0.288. The molecule has 0 aliphatic carbocycles. The van der Waals surface area contributed by atoms with Crippen LogP contribution in [-0.4, -0.2) is 60.9 Å². The molecule has 1 unspecified atom stereocenters. The summed E-state index contributed by atoms with van der Waals surface area (Å²) >= 11 is 1.61. The van der Waals surface area contributed by atoms with E-state index >= 15 is 0 Å². The standard InChI is InChI=1S/C19H24N4O2S/c1-25-13-12-22-10-5-8-19(17(22)24)9-11-23(14-19)18-21-20-16(26-18)15-6-3-2-4-7-15/h2-4,6-7H,5,8-14H2,1H3.